The van der Waals surface area contributed by atoms with Gasteiger partial charge in [0.25, 0.3) is 0 Å². The van der Waals surface area contributed by atoms with Crippen molar-refractivity contribution in [3.8, 4) is 0 Å². The van der Waals surface area contributed by atoms with Crippen LogP contribution < -0.4 is 11.1 Å². The van der Waals surface area contributed by atoms with E-state index in [1.165, 1.54) is 6.07 Å². The molecule has 0 spiro atoms. The maximum Gasteiger partial charge on any atom is 0.147 e. The maximum atomic E-state index is 13.4. The van der Waals surface area contributed by atoms with E-state index in [4.69, 9.17) is 5.73 Å². The SMILES string of the molecule is Cl.Nc1c(F)cc(Br)cc1CNC1CCC(O)CC1. The van der Waals surface area contributed by atoms with E-state index in [9.17, 15) is 9.50 Å². The highest BCUT2D eigenvalue weighted by molar-refractivity contribution is 9.10. The van der Waals surface area contributed by atoms with E-state index in [2.05, 4.69) is 21.2 Å². The molecule has 0 amide bonds. The maximum absolute atomic E-state index is 13.4. The summed E-state index contributed by atoms with van der Waals surface area (Å²) in [5.74, 6) is -0.389. The van der Waals surface area contributed by atoms with E-state index in [1.807, 2.05) is 6.07 Å². The average molecular weight is 354 g/mol. The largest absolute Gasteiger partial charge is 0.396 e. The molecule has 1 aliphatic carbocycles. The van der Waals surface area contributed by atoms with Crippen LogP contribution in [0.1, 0.15) is 31.2 Å². The fourth-order valence-corrected chi connectivity index (χ4v) is 2.80. The van der Waals surface area contributed by atoms with Crippen LogP contribution in [0.15, 0.2) is 16.6 Å². The van der Waals surface area contributed by atoms with E-state index >= 15 is 0 Å². The third-order valence-corrected chi connectivity index (χ3v) is 3.92. The van der Waals surface area contributed by atoms with Crippen LogP contribution in [0.5, 0.6) is 0 Å². The minimum Gasteiger partial charge on any atom is -0.396 e. The van der Waals surface area contributed by atoms with E-state index in [1.54, 1.807) is 0 Å². The van der Waals surface area contributed by atoms with Crippen molar-refractivity contribution < 1.29 is 9.50 Å². The molecule has 0 atom stereocenters. The molecule has 0 aliphatic heterocycles. The molecular weight excluding hydrogens is 335 g/mol. The second-order valence-electron chi connectivity index (χ2n) is 4.85. The van der Waals surface area contributed by atoms with Gasteiger partial charge >= 0.3 is 0 Å². The number of halogens is 3. The van der Waals surface area contributed by atoms with Gasteiger partial charge in [0, 0.05) is 17.1 Å². The number of rotatable bonds is 3. The van der Waals surface area contributed by atoms with Crippen LogP contribution >= 0.6 is 28.3 Å². The monoisotopic (exact) mass is 352 g/mol. The third kappa shape index (κ3) is 4.60. The second kappa shape index (κ2) is 7.43. The van der Waals surface area contributed by atoms with Gasteiger partial charge in [0.1, 0.15) is 5.82 Å². The van der Waals surface area contributed by atoms with E-state index in [0.717, 1.165) is 31.2 Å². The predicted octanol–water partition coefficient (Wildman–Crippen LogP) is 2.99. The standard InChI is InChI=1S/C13H18BrFN2O.ClH/c14-9-5-8(13(16)12(15)6-9)7-17-10-1-3-11(18)4-2-10;/h5-6,10-11,17-18H,1-4,7,16H2;1H. The highest BCUT2D eigenvalue weighted by atomic mass is 79.9. The Morgan fingerprint density at radius 3 is 2.58 bits per heavy atom. The topological polar surface area (TPSA) is 58.3 Å². The summed E-state index contributed by atoms with van der Waals surface area (Å²) in [6.45, 7) is 0.558. The van der Waals surface area contributed by atoms with E-state index in [-0.39, 0.29) is 30.0 Å². The molecule has 0 radical (unpaired) electrons. The zero-order chi connectivity index (χ0) is 13.1. The summed E-state index contributed by atoms with van der Waals surface area (Å²) in [4.78, 5) is 0. The smallest absolute Gasteiger partial charge is 0.147 e. The normalized spacial score (nSPS) is 22.9. The Balaban J connectivity index is 0.00000180. The molecule has 108 valence electrons. The fourth-order valence-electron chi connectivity index (χ4n) is 2.32. The molecular formula is C13H19BrClFN2O. The quantitative estimate of drug-likeness (QED) is 0.732. The number of nitrogens with one attached hydrogen (secondary N) is 1. The van der Waals surface area contributed by atoms with Crippen LogP contribution in [0.4, 0.5) is 10.1 Å². The number of aliphatic hydroxyl groups is 1. The first-order valence-electron chi connectivity index (χ1n) is 6.21. The fraction of sp³-hybridized carbons (Fsp3) is 0.538. The van der Waals surface area contributed by atoms with Crippen molar-refractivity contribution in [2.75, 3.05) is 5.73 Å². The lowest BCUT2D eigenvalue weighted by Gasteiger charge is -2.26. The van der Waals surface area contributed by atoms with Crippen molar-refractivity contribution in [3.05, 3.63) is 28.0 Å². The molecule has 4 N–H and O–H groups in total. The summed E-state index contributed by atoms with van der Waals surface area (Å²) in [6, 6.07) is 3.59. The first-order valence-corrected chi connectivity index (χ1v) is 7.00. The highest BCUT2D eigenvalue weighted by Gasteiger charge is 2.19. The number of anilines is 1. The number of nitrogens with two attached hydrogens (primary N) is 1. The molecule has 1 aromatic carbocycles. The summed E-state index contributed by atoms with van der Waals surface area (Å²) in [5, 5.41) is 12.8. The molecule has 3 nitrogen and oxygen atoms in total. The molecule has 19 heavy (non-hydrogen) atoms. The third-order valence-electron chi connectivity index (χ3n) is 3.46. The van der Waals surface area contributed by atoms with Gasteiger partial charge in [-0.25, -0.2) is 4.39 Å². The zero-order valence-corrected chi connectivity index (χ0v) is 12.9. The van der Waals surface area contributed by atoms with Crippen molar-refractivity contribution in [2.45, 2.75) is 44.4 Å². The summed E-state index contributed by atoms with van der Waals surface area (Å²) >= 11 is 3.26. The van der Waals surface area contributed by atoms with Gasteiger partial charge in [0.15, 0.2) is 0 Å². The van der Waals surface area contributed by atoms with Crippen molar-refractivity contribution in [3.63, 3.8) is 0 Å². The van der Waals surface area contributed by atoms with Gasteiger partial charge in [0.05, 0.1) is 11.8 Å². The van der Waals surface area contributed by atoms with Crippen molar-refractivity contribution in [1.29, 1.82) is 0 Å². The van der Waals surface area contributed by atoms with Crippen LogP contribution in [0.25, 0.3) is 0 Å². The number of nitrogen functional groups attached to an aromatic ring is 1. The van der Waals surface area contributed by atoms with Gasteiger partial charge in [-0.1, -0.05) is 15.9 Å². The highest BCUT2D eigenvalue weighted by Crippen LogP contribution is 2.24. The molecule has 0 aromatic heterocycles. The van der Waals surface area contributed by atoms with Crippen molar-refractivity contribution >= 4 is 34.0 Å². The van der Waals surface area contributed by atoms with E-state index < -0.39 is 0 Å². The molecule has 2 rings (SSSR count). The molecule has 0 bridgehead atoms. The summed E-state index contributed by atoms with van der Waals surface area (Å²) in [6.07, 6.45) is 3.42. The van der Waals surface area contributed by atoms with Crippen LogP contribution in [-0.4, -0.2) is 17.3 Å². The Bertz CT molecular complexity index is 425. The van der Waals surface area contributed by atoms with Crippen LogP contribution in [0.2, 0.25) is 0 Å². The number of hydrogen-bond acceptors (Lipinski definition) is 3. The lowest BCUT2D eigenvalue weighted by molar-refractivity contribution is 0.116. The molecule has 6 heteroatoms. The molecule has 1 aliphatic rings. The average Bonchev–Trinajstić information content (AvgIpc) is 2.34. The van der Waals surface area contributed by atoms with Gasteiger partial charge in [-0.3, -0.25) is 0 Å². The molecule has 1 saturated carbocycles. The van der Waals surface area contributed by atoms with Gasteiger partial charge in [-0.2, -0.15) is 0 Å². The lowest BCUT2D eigenvalue weighted by Crippen LogP contribution is -2.34. The predicted molar refractivity (Wildman–Crippen MR) is 80.9 cm³/mol. The van der Waals surface area contributed by atoms with Gasteiger partial charge in [-0.15, -0.1) is 12.4 Å². The van der Waals surface area contributed by atoms with E-state index in [0.29, 0.717) is 17.1 Å². The molecule has 1 aromatic rings. The number of aliphatic hydroxyl groups excluding tert-OH is 1. The minimum absolute atomic E-state index is 0. The van der Waals surface area contributed by atoms with Crippen LogP contribution in [0.3, 0.4) is 0 Å². The van der Waals surface area contributed by atoms with Gasteiger partial charge < -0.3 is 16.2 Å². The molecule has 0 saturated heterocycles. The molecule has 1 fully saturated rings. The molecule has 0 heterocycles. The minimum atomic E-state index is -0.389. The van der Waals surface area contributed by atoms with Crippen LogP contribution in [0, 0.1) is 5.82 Å². The Hall–Kier alpha value is -0.360. The first kappa shape index (κ1) is 16.7. The van der Waals surface area contributed by atoms with Crippen molar-refractivity contribution in [2.24, 2.45) is 0 Å². The summed E-state index contributed by atoms with van der Waals surface area (Å²) < 4.78 is 14.1. The second-order valence-corrected chi connectivity index (χ2v) is 5.76. The van der Waals surface area contributed by atoms with Crippen LogP contribution in [-0.2, 0) is 6.54 Å². The lowest BCUT2D eigenvalue weighted by atomic mass is 9.93. The Labute approximate surface area is 127 Å². The Morgan fingerprint density at radius 2 is 1.95 bits per heavy atom. The summed E-state index contributed by atoms with van der Waals surface area (Å²) in [7, 11) is 0. The Morgan fingerprint density at radius 1 is 1.32 bits per heavy atom. The summed E-state index contributed by atoms with van der Waals surface area (Å²) in [5.41, 5.74) is 6.69. The number of hydrogen-bond donors (Lipinski definition) is 3. The first-order chi connectivity index (χ1) is 8.56. The Kier molecular flexibility index (Phi) is 6.53. The van der Waals surface area contributed by atoms with Gasteiger partial charge in [-0.05, 0) is 43.4 Å². The zero-order valence-electron chi connectivity index (χ0n) is 10.5. The molecule has 0 unspecified atom stereocenters. The number of benzene rings is 1. The van der Waals surface area contributed by atoms with Crippen molar-refractivity contribution in [1.82, 2.24) is 5.32 Å². The van der Waals surface area contributed by atoms with Gasteiger partial charge in [0.2, 0.25) is 0 Å².